The van der Waals surface area contributed by atoms with Gasteiger partial charge in [-0.2, -0.15) is 13.2 Å². The third kappa shape index (κ3) is 8.95. The highest BCUT2D eigenvalue weighted by molar-refractivity contribution is 5.86. The van der Waals surface area contributed by atoms with Crippen molar-refractivity contribution in [3.63, 3.8) is 0 Å². The molecule has 9 heteroatoms. The van der Waals surface area contributed by atoms with Crippen molar-refractivity contribution in [2.45, 2.75) is 57.4 Å². The highest BCUT2D eigenvalue weighted by Crippen LogP contribution is 2.34. The zero-order valence-corrected chi connectivity index (χ0v) is 19.1. The van der Waals surface area contributed by atoms with Crippen molar-refractivity contribution in [3.8, 4) is 5.75 Å². The number of aliphatic hydroxyl groups is 2. The number of carbonyl (C=O) groups excluding carboxylic acids is 2. The predicted octanol–water partition coefficient (Wildman–Crippen LogP) is 3.82. The molecule has 1 aliphatic rings. The number of hydrogen-bond acceptors (Lipinski definition) is 5. The van der Waals surface area contributed by atoms with E-state index in [-0.39, 0.29) is 36.4 Å². The second-order valence-electron chi connectivity index (χ2n) is 8.27. The van der Waals surface area contributed by atoms with Crippen molar-refractivity contribution >= 4 is 11.7 Å². The van der Waals surface area contributed by atoms with Gasteiger partial charge in [0.05, 0.1) is 11.7 Å². The van der Waals surface area contributed by atoms with E-state index < -0.39 is 29.9 Å². The van der Waals surface area contributed by atoms with E-state index in [1.165, 1.54) is 24.3 Å². The summed E-state index contributed by atoms with van der Waals surface area (Å²) in [6.07, 6.45) is 2.65. The van der Waals surface area contributed by atoms with Crippen LogP contribution in [0.4, 0.5) is 13.2 Å². The average molecular weight is 484 g/mol. The third-order valence-corrected chi connectivity index (χ3v) is 5.58. The van der Waals surface area contributed by atoms with Crippen LogP contribution in [0.1, 0.15) is 44.6 Å². The standard InChI is InChI=1S/C25H32F3NO5/c1-2-29-24(33)11-6-4-3-5-10-20-21(23(32)15-22(20)31)13-12-18(30)16-34-19-9-7-8-17(14-19)25(26,27)28/h3,5,7-9,12-14,18,20-22,30-31H,2,4,6,10-11,15-16H2,1H3,(H,29,33)/t18-,20-,21-,22+/m1/s1. The monoisotopic (exact) mass is 483 g/mol. The SMILES string of the molecule is CCNC(=O)CCCC=CC[C@H]1[C@@H](O)CC(=O)[C@@H]1C=C[C@@H](O)COc1cccc(C(F)(F)F)c1. The van der Waals surface area contributed by atoms with Gasteiger partial charge < -0.3 is 20.3 Å². The number of rotatable bonds is 12. The second kappa shape index (κ2) is 13.3. The molecule has 0 aromatic heterocycles. The van der Waals surface area contributed by atoms with Crippen molar-refractivity contribution < 1.29 is 37.7 Å². The Hall–Kier alpha value is -2.65. The van der Waals surface area contributed by atoms with Crippen LogP contribution in [0.3, 0.4) is 0 Å². The first-order chi connectivity index (χ1) is 16.1. The maximum Gasteiger partial charge on any atom is 0.416 e. The van der Waals surface area contributed by atoms with Crippen LogP contribution >= 0.6 is 0 Å². The molecule has 1 fully saturated rings. The lowest BCUT2D eigenvalue weighted by molar-refractivity contribution is -0.137. The van der Waals surface area contributed by atoms with E-state index in [1.807, 2.05) is 19.1 Å². The van der Waals surface area contributed by atoms with Crippen LogP contribution in [0, 0.1) is 11.8 Å². The molecule has 1 saturated carbocycles. The molecule has 0 bridgehead atoms. The first-order valence-electron chi connectivity index (χ1n) is 11.4. The summed E-state index contributed by atoms with van der Waals surface area (Å²) in [5, 5.41) is 23.1. The van der Waals surface area contributed by atoms with Crippen molar-refractivity contribution in [2.75, 3.05) is 13.2 Å². The van der Waals surface area contributed by atoms with Gasteiger partial charge in [-0.05, 0) is 44.4 Å². The number of ketones is 1. The first-order valence-corrected chi connectivity index (χ1v) is 11.4. The molecule has 0 spiro atoms. The lowest BCUT2D eigenvalue weighted by atomic mass is 9.90. The Labute approximate surface area is 197 Å². The zero-order chi connectivity index (χ0) is 25.1. The number of halogens is 3. The van der Waals surface area contributed by atoms with E-state index in [2.05, 4.69) is 5.32 Å². The van der Waals surface area contributed by atoms with Crippen molar-refractivity contribution in [1.29, 1.82) is 0 Å². The summed E-state index contributed by atoms with van der Waals surface area (Å²) in [5.41, 5.74) is -0.847. The van der Waals surface area contributed by atoms with Crippen molar-refractivity contribution in [2.24, 2.45) is 11.8 Å². The molecule has 0 unspecified atom stereocenters. The minimum absolute atomic E-state index is 0.00788. The molecule has 34 heavy (non-hydrogen) atoms. The molecule has 2 rings (SSSR count). The molecule has 0 saturated heterocycles. The molecule has 1 aromatic rings. The van der Waals surface area contributed by atoms with Crippen LogP contribution in [0.15, 0.2) is 48.6 Å². The number of nitrogens with one attached hydrogen (secondary N) is 1. The minimum Gasteiger partial charge on any atom is -0.491 e. The first kappa shape index (κ1) is 27.6. The van der Waals surface area contributed by atoms with E-state index in [0.717, 1.165) is 12.1 Å². The summed E-state index contributed by atoms with van der Waals surface area (Å²) >= 11 is 0. The fourth-order valence-electron chi connectivity index (χ4n) is 3.81. The number of carbonyl (C=O) groups is 2. The van der Waals surface area contributed by atoms with E-state index in [0.29, 0.717) is 32.2 Å². The number of allylic oxidation sites excluding steroid dienone is 3. The normalized spacial score (nSPS) is 21.9. The lowest BCUT2D eigenvalue weighted by Gasteiger charge is -2.17. The van der Waals surface area contributed by atoms with Crippen LogP contribution in [0.25, 0.3) is 0 Å². The summed E-state index contributed by atoms with van der Waals surface area (Å²) < 4.78 is 43.6. The van der Waals surface area contributed by atoms with Gasteiger partial charge in [-0.3, -0.25) is 9.59 Å². The number of aliphatic hydroxyl groups excluding tert-OH is 2. The molecular formula is C25H32F3NO5. The summed E-state index contributed by atoms with van der Waals surface area (Å²) in [6.45, 7) is 2.18. The lowest BCUT2D eigenvalue weighted by Crippen LogP contribution is -2.21. The smallest absolute Gasteiger partial charge is 0.416 e. The molecule has 3 N–H and O–H groups in total. The summed E-state index contributed by atoms with van der Waals surface area (Å²) in [7, 11) is 0. The quantitative estimate of drug-likeness (QED) is 0.310. The number of amides is 1. The largest absolute Gasteiger partial charge is 0.491 e. The molecule has 4 atom stereocenters. The van der Waals surface area contributed by atoms with Gasteiger partial charge in [-0.1, -0.05) is 30.4 Å². The molecule has 1 amide bonds. The Morgan fingerprint density at radius 2 is 2.09 bits per heavy atom. The maximum absolute atomic E-state index is 12.8. The molecule has 1 aromatic carbocycles. The van der Waals surface area contributed by atoms with Gasteiger partial charge in [-0.15, -0.1) is 0 Å². The number of unbranched alkanes of at least 4 members (excludes halogenated alkanes) is 1. The van der Waals surface area contributed by atoms with Crippen molar-refractivity contribution in [1.82, 2.24) is 5.32 Å². The minimum atomic E-state index is -4.49. The number of benzene rings is 1. The van der Waals surface area contributed by atoms with Crippen molar-refractivity contribution in [3.05, 3.63) is 54.1 Å². The van der Waals surface area contributed by atoms with Crippen LogP contribution < -0.4 is 10.1 Å². The predicted molar refractivity (Wildman–Crippen MR) is 121 cm³/mol. The van der Waals surface area contributed by atoms with E-state index >= 15 is 0 Å². The number of ether oxygens (including phenoxy) is 1. The van der Waals surface area contributed by atoms with Gasteiger partial charge in [0.1, 0.15) is 24.2 Å². The van der Waals surface area contributed by atoms with Gasteiger partial charge in [-0.25, -0.2) is 0 Å². The van der Waals surface area contributed by atoms with E-state index in [4.69, 9.17) is 4.74 Å². The zero-order valence-electron chi connectivity index (χ0n) is 19.1. The molecule has 188 valence electrons. The fraction of sp³-hybridized carbons (Fsp3) is 0.520. The van der Waals surface area contributed by atoms with Crippen LogP contribution in [0.5, 0.6) is 5.75 Å². The van der Waals surface area contributed by atoms with Gasteiger partial charge in [0, 0.05) is 31.2 Å². The molecule has 6 nitrogen and oxygen atoms in total. The Kier molecular flexibility index (Phi) is 10.8. The third-order valence-electron chi connectivity index (χ3n) is 5.58. The van der Waals surface area contributed by atoms with Crippen LogP contribution in [0.2, 0.25) is 0 Å². The van der Waals surface area contributed by atoms with Crippen LogP contribution in [-0.2, 0) is 15.8 Å². The van der Waals surface area contributed by atoms with E-state index in [1.54, 1.807) is 0 Å². The maximum atomic E-state index is 12.8. The Morgan fingerprint density at radius 3 is 2.79 bits per heavy atom. The molecule has 0 heterocycles. The fourth-order valence-corrected chi connectivity index (χ4v) is 3.81. The topological polar surface area (TPSA) is 95.9 Å². The summed E-state index contributed by atoms with van der Waals surface area (Å²) in [5.74, 6) is -1.05. The van der Waals surface area contributed by atoms with E-state index in [9.17, 15) is 33.0 Å². The van der Waals surface area contributed by atoms with Gasteiger partial charge in [0.25, 0.3) is 0 Å². The Bertz CT molecular complexity index is 868. The Morgan fingerprint density at radius 1 is 1.32 bits per heavy atom. The molecule has 0 radical (unpaired) electrons. The molecule has 0 aliphatic heterocycles. The Balaban J connectivity index is 1.84. The molecule has 1 aliphatic carbocycles. The number of hydrogen-bond donors (Lipinski definition) is 3. The van der Waals surface area contributed by atoms with Gasteiger partial charge in [0.2, 0.25) is 5.91 Å². The number of alkyl halides is 3. The highest BCUT2D eigenvalue weighted by atomic mass is 19.4. The average Bonchev–Trinajstić information content (AvgIpc) is 3.05. The second-order valence-corrected chi connectivity index (χ2v) is 8.27. The number of Topliss-reactive ketones (excluding diaryl/α,β-unsaturated/α-hetero) is 1. The molecular weight excluding hydrogens is 451 g/mol. The summed E-state index contributed by atoms with van der Waals surface area (Å²) in [4.78, 5) is 23.7. The van der Waals surface area contributed by atoms with Crippen LogP contribution in [-0.4, -0.2) is 47.3 Å². The highest BCUT2D eigenvalue weighted by Gasteiger charge is 2.39. The van der Waals surface area contributed by atoms with Gasteiger partial charge in [0.15, 0.2) is 0 Å². The summed E-state index contributed by atoms with van der Waals surface area (Å²) in [6, 6.07) is 4.36. The van der Waals surface area contributed by atoms with Gasteiger partial charge >= 0.3 is 6.18 Å².